The summed E-state index contributed by atoms with van der Waals surface area (Å²) in [5.41, 5.74) is 4.28. The van der Waals surface area contributed by atoms with Crippen molar-refractivity contribution < 1.29 is 13.6 Å². The van der Waals surface area contributed by atoms with Crippen LogP contribution in [0.3, 0.4) is 0 Å². The highest BCUT2D eigenvalue weighted by atomic mass is 19.1. The molecule has 0 aliphatic heterocycles. The van der Waals surface area contributed by atoms with E-state index in [-0.39, 0.29) is 11.7 Å². The van der Waals surface area contributed by atoms with E-state index in [9.17, 15) is 9.18 Å². The van der Waals surface area contributed by atoms with Crippen molar-refractivity contribution in [3.8, 4) is 11.5 Å². The Morgan fingerprint density at radius 3 is 2.70 bits per heavy atom. The van der Waals surface area contributed by atoms with Gasteiger partial charge in [-0.15, -0.1) is 0 Å². The largest absolute Gasteiger partial charge is 0.436 e. The van der Waals surface area contributed by atoms with Crippen molar-refractivity contribution >= 4 is 17.0 Å². The van der Waals surface area contributed by atoms with Gasteiger partial charge in [0, 0.05) is 24.8 Å². The second kappa shape index (κ2) is 6.68. The Kier molecular flexibility index (Phi) is 4.19. The molecule has 6 nitrogen and oxygen atoms in total. The van der Waals surface area contributed by atoms with Gasteiger partial charge < -0.3 is 9.73 Å². The first-order valence-electron chi connectivity index (χ1n) is 8.43. The number of nitrogens with zero attached hydrogens (tertiary/aromatic N) is 3. The first-order valence-corrected chi connectivity index (χ1v) is 8.43. The first kappa shape index (κ1) is 17.0. The standard InChI is InChI=1S/C20H17FN4O2/c1-12-16(11-23-25(12)2)19(26)22-10-13-3-8-18-17(9-13)24-20(27-18)14-4-6-15(21)7-5-14/h3-9,11H,10H2,1-2H3,(H,22,26). The van der Waals surface area contributed by atoms with Gasteiger partial charge in [0.25, 0.3) is 5.91 Å². The van der Waals surface area contributed by atoms with Crippen LogP contribution in [-0.2, 0) is 13.6 Å². The van der Waals surface area contributed by atoms with E-state index in [4.69, 9.17) is 4.42 Å². The molecule has 2 aromatic carbocycles. The van der Waals surface area contributed by atoms with Crippen LogP contribution < -0.4 is 5.32 Å². The molecule has 0 bridgehead atoms. The van der Waals surface area contributed by atoms with Gasteiger partial charge in [-0.3, -0.25) is 9.48 Å². The minimum atomic E-state index is -0.309. The Hall–Kier alpha value is -3.48. The number of aromatic nitrogens is 3. The summed E-state index contributed by atoms with van der Waals surface area (Å²) < 4.78 is 20.5. The summed E-state index contributed by atoms with van der Waals surface area (Å²) in [6, 6.07) is 11.5. The van der Waals surface area contributed by atoms with Crippen LogP contribution in [0.25, 0.3) is 22.6 Å². The van der Waals surface area contributed by atoms with Gasteiger partial charge in [-0.1, -0.05) is 6.07 Å². The number of benzene rings is 2. The summed E-state index contributed by atoms with van der Waals surface area (Å²) in [7, 11) is 1.79. The molecular weight excluding hydrogens is 347 g/mol. The Morgan fingerprint density at radius 1 is 1.22 bits per heavy atom. The molecule has 136 valence electrons. The van der Waals surface area contributed by atoms with Crippen molar-refractivity contribution in [2.45, 2.75) is 13.5 Å². The molecule has 0 atom stereocenters. The molecule has 2 heterocycles. The average Bonchev–Trinajstić information content (AvgIpc) is 3.23. The number of rotatable bonds is 4. The molecule has 4 rings (SSSR count). The molecule has 0 saturated heterocycles. The molecule has 27 heavy (non-hydrogen) atoms. The predicted octanol–water partition coefficient (Wildman–Crippen LogP) is 3.61. The molecule has 0 fully saturated rings. The topological polar surface area (TPSA) is 73.0 Å². The van der Waals surface area contributed by atoms with E-state index in [1.54, 1.807) is 30.1 Å². The van der Waals surface area contributed by atoms with Gasteiger partial charge in [-0.25, -0.2) is 9.37 Å². The summed E-state index contributed by atoms with van der Waals surface area (Å²) in [5, 5.41) is 6.97. The van der Waals surface area contributed by atoms with Crippen LogP contribution in [0.1, 0.15) is 21.6 Å². The molecule has 0 spiro atoms. The number of halogens is 1. The van der Waals surface area contributed by atoms with Gasteiger partial charge in [0.1, 0.15) is 11.3 Å². The maximum atomic E-state index is 13.1. The molecule has 2 aromatic heterocycles. The summed E-state index contributed by atoms with van der Waals surface area (Å²) in [6.45, 7) is 2.21. The second-order valence-corrected chi connectivity index (χ2v) is 6.28. The maximum absolute atomic E-state index is 13.1. The predicted molar refractivity (Wildman–Crippen MR) is 98.5 cm³/mol. The van der Waals surface area contributed by atoms with E-state index in [1.807, 2.05) is 25.1 Å². The van der Waals surface area contributed by atoms with E-state index in [0.717, 1.165) is 11.3 Å². The third-order valence-corrected chi connectivity index (χ3v) is 4.48. The first-order chi connectivity index (χ1) is 13.0. The van der Waals surface area contributed by atoms with Gasteiger partial charge in [-0.05, 0) is 48.9 Å². The Balaban J connectivity index is 1.52. The fraction of sp³-hybridized carbons (Fsp3) is 0.150. The van der Waals surface area contributed by atoms with Gasteiger partial charge in [0.2, 0.25) is 5.89 Å². The molecule has 1 N–H and O–H groups in total. The molecule has 0 unspecified atom stereocenters. The Bertz CT molecular complexity index is 1130. The van der Waals surface area contributed by atoms with Gasteiger partial charge in [0.15, 0.2) is 5.58 Å². The maximum Gasteiger partial charge on any atom is 0.255 e. The minimum absolute atomic E-state index is 0.173. The molecule has 4 aromatic rings. The third kappa shape index (κ3) is 3.31. The van der Waals surface area contributed by atoms with E-state index >= 15 is 0 Å². The van der Waals surface area contributed by atoms with E-state index in [1.165, 1.54) is 12.1 Å². The van der Waals surface area contributed by atoms with Crippen molar-refractivity contribution in [2.75, 3.05) is 0 Å². The normalized spacial score (nSPS) is 11.1. The number of hydrogen-bond donors (Lipinski definition) is 1. The summed E-state index contributed by atoms with van der Waals surface area (Å²) in [6.07, 6.45) is 1.56. The molecule has 0 radical (unpaired) electrons. The van der Waals surface area contributed by atoms with Crippen LogP contribution in [-0.4, -0.2) is 20.7 Å². The van der Waals surface area contributed by atoms with Crippen molar-refractivity contribution in [1.29, 1.82) is 0 Å². The number of aryl methyl sites for hydroxylation is 1. The van der Waals surface area contributed by atoms with Crippen molar-refractivity contribution in [1.82, 2.24) is 20.1 Å². The summed E-state index contributed by atoms with van der Waals surface area (Å²) in [4.78, 5) is 16.8. The molecule has 0 aliphatic carbocycles. The summed E-state index contributed by atoms with van der Waals surface area (Å²) >= 11 is 0. The highest BCUT2D eigenvalue weighted by Crippen LogP contribution is 2.25. The lowest BCUT2D eigenvalue weighted by atomic mass is 10.2. The number of fused-ring (bicyclic) bond motifs is 1. The number of nitrogens with one attached hydrogen (secondary N) is 1. The van der Waals surface area contributed by atoms with Crippen LogP contribution in [0.5, 0.6) is 0 Å². The van der Waals surface area contributed by atoms with Crippen LogP contribution >= 0.6 is 0 Å². The smallest absolute Gasteiger partial charge is 0.255 e. The number of amides is 1. The van der Waals surface area contributed by atoms with Crippen LogP contribution in [0, 0.1) is 12.7 Å². The van der Waals surface area contributed by atoms with Crippen molar-refractivity contribution in [3.05, 3.63) is 71.3 Å². The van der Waals surface area contributed by atoms with E-state index in [0.29, 0.717) is 34.7 Å². The summed E-state index contributed by atoms with van der Waals surface area (Å²) in [5.74, 6) is -0.0539. The van der Waals surface area contributed by atoms with Gasteiger partial charge >= 0.3 is 0 Å². The number of oxazole rings is 1. The Labute approximate surface area is 154 Å². The fourth-order valence-corrected chi connectivity index (χ4v) is 2.80. The average molecular weight is 364 g/mol. The van der Waals surface area contributed by atoms with E-state index in [2.05, 4.69) is 15.4 Å². The molecule has 7 heteroatoms. The number of carbonyl (C=O) groups is 1. The number of carbonyl (C=O) groups excluding carboxylic acids is 1. The highest BCUT2D eigenvalue weighted by Gasteiger charge is 2.13. The van der Waals surface area contributed by atoms with Gasteiger partial charge in [-0.2, -0.15) is 5.10 Å². The SMILES string of the molecule is Cc1c(C(=O)NCc2ccc3oc(-c4ccc(F)cc4)nc3c2)cnn1C. The quantitative estimate of drug-likeness (QED) is 0.600. The van der Waals surface area contributed by atoms with Crippen LogP contribution in [0.2, 0.25) is 0 Å². The number of hydrogen-bond acceptors (Lipinski definition) is 4. The van der Waals surface area contributed by atoms with Crippen LogP contribution in [0.15, 0.2) is 53.1 Å². The molecule has 0 saturated carbocycles. The zero-order valence-corrected chi connectivity index (χ0v) is 14.9. The van der Waals surface area contributed by atoms with E-state index < -0.39 is 0 Å². The van der Waals surface area contributed by atoms with Crippen molar-refractivity contribution in [2.24, 2.45) is 7.05 Å². The Morgan fingerprint density at radius 2 is 2.00 bits per heavy atom. The fourth-order valence-electron chi connectivity index (χ4n) is 2.80. The molecule has 1 amide bonds. The lowest BCUT2D eigenvalue weighted by Crippen LogP contribution is -2.23. The van der Waals surface area contributed by atoms with Crippen LogP contribution in [0.4, 0.5) is 4.39 Å². The molecule has 0 aliphatic rings. The lowest BCUT2D eigenvalue weighted by molar-refractivity contribution is 0.0950. The zero-order chi connectivity index (χ0) is 19.0. The second-order valence-electron chi connectivity index (χ2n) is 6.28. The highest BCUT2D eigenvalue weighted by molar-refractivity contribution is 5.95. The van der Waals surface area contributed by atoms with Crippen molar-refractivity contribution in [3.63, 3.8) is 0 Å². The monoisotopic (exact) mass is 364 g/mol. The zero-order valence-electron chi connectivity index (χ0n) is 14.9. The minimum Gasteiger partial charge on any atom is -0.436 e. The molecular formula is C20H17FN4O2. The lowest BCUT2D eigenvalue weighted by Gasteiger charge is -2.05. The third-order valence-electron chi connectivity index (χ3n) is 4.48. The van der Waals surface area contributed by atoms with Gasteiger partial charge in [0.05, 0.1) is 11.8 Å².